The van der Waals surface area contributed by atoms with Crippen LogP contribution in [-0.4, -0.2) is 0 Å². The molecule has 0 amide bonds. The molecule has 0 bridgehead atoms. The van der Waals surface area contributed by atoms with Gasteiger partial charge in [0.1, 0.15) is 0 Å². The van der Waals surface area contributed by atoms with Crippen LogP contribution in [-0.2, 0) is 0 Å². The SMILES string of the molecule is C=Cc1scc(F)c1F. The Labute approximate surface area is 55.4 Å². The Kier molecular flexibility index (Phi) is 1.62. The summed E-state index contributed by atoms with van der Waals surface area (Å²) in [6.07, 6.45) is 1.29. The van der Waals surface area contributed by atoms with Crippen LogP contribution in [0.1, 0.15) is 4.88 Å². The van der Waals surface area contributed by atoms with Gasteiger partial charge in [0.2, 0.25) is 0 Å². The molecule has 48 valence electrons. The van der Waals surface area contributed by atoms with E-state index in [0.717, 1.165) is 16.7 Å². The maximum atomic E-state index is 12.3. The van der Waals surface area contributed by atoms with Crippen molar-refractivity contribution in [3.63, 3.8) is 0 Å². The van der Waals surface area contributed by atoms with Gasteiger partial charge in [-0.25, -0.2) is 8.78 Å². The molecular formula is C6H4F2S. The lowest BCUT2D eigenvalue weighted by Gasteiger charge is -1.80. The molecule has 0 unspecified atom stereocenters. The van der Waals surface area contributed by atoms with Gasteiger partial charge in [-0.1, -0.05) is 6.58 Å². The van der Waals surface area contributed by atoms with Crippen molar-refractivity contribution in [1.82, 2.24) is 0 Å². The maximum Gasteiger partial charge on any atom is 0.176 e. The number of thiophene rings is 1. The van der Waals surface area contributed by atoms with Gasteiger partial charge in [-0.15, -0.1) is 11.3 Å². The van der Waals surface area contributed by atoms with Crippen molar-refractivity contribution >= 4 is 17.4 Å². The van der Waals surface area contributed by atoms with Gasteiger partial charge in [0.15, 0.2) is 11.6 Å². The van der Waals surface area contributed by atoms with Gasteiger partial charge in [-0.2, -0.15) is 0 Å². The molecule has 0 saturated heterocycles. The van der Waals surface area contributed by atoms with Crippen molar-refractivity contribution in [2.24, 2.45) is 0 Å². The van der Waals surface area contributed by atoms with E-state index >= 15 is 0 Å². The van der Waals surface area contributed by atoms with Crippen molar-refractivity contribution < 1.29 is 8.78 Å². The molecule has 0 aromatic carbocycles. The van der Waals surface area contributed by atoms with E-state index in [2.05, 4.69) is 6.58 Å². The fourth-order valence-corrected chi connectivity index (χ4v) is 1.11. The zero-order valence-electron chi connectivity index (χ0n) is 4.53. The largest absolute Gasteiger partial charge is 0.203 e. The summed E-state index contributed by atoms with van der Waals surface area (Å²) in [5.74, 6) is -1.59. The first-order valence-electron chi connectivity index (χ1n) is 2.30. The highest BCUT2D eigenvalue weighted by molar-refractivity contribution is 7.10. The van der Waals surface area contributed by atoms with E-state index in [0.29, 0.717) is 0 Å². The molecule has 0 spiro atoms. The Morgan fingerprint density at radius 3 is 2.44 bits per heavy atom. The smallest absolute Gasteiger partial charge is 0.176 e. The van der Waals surface area contributed by atoms with E-state index in [9.17, 15) is 8.78 Å². The summed E-state index contributed by atoms with van der Waals surface area (Å²) in [6.45, 7) is 3.31. The minimum atomic E-state index is -0.796. The highest BCUT2D eigenvalue weighted by Gasteiger charge is 2.06. The first-order chi connectivity index (χ1) is 4.25. The summed E-state index contributed by atoms with van der Waals surface area (Å²) in [7, 11) is 0. The zero-order chi connectivity index (χ0) is 6.85. The second-order valence-corrected chi connectivity index (χ2v) is 2.38. The van der Waals surface area contributed by atoms with E-state index in [4.69, 9.17) is 0 Å². The van der Waals surface area contributed by atoms with Crippen LogP contribution in [0, 0.1) is 11.6 Å². The van der Waals surface area contributed by atoms with Gasteiger partial charge < -0.3 is 0 Å². The summed E-state index contributed by atoms with van der Waals surface area (Å²) in [4.78, 5) is 0.257. The van der Waals surface area contributed by atoms with Crippen LogP contribution >= 0.6 is 11.3 Å². The molecule has 1 aromatic heterocycles. The molecule has 0 fully saturated rings. The van der Waals surface area contributed by atoms with E-state index in [-0.39, 0.29) is 4.88 Å². The average molecular weight is 146 g/mol. The lowest BCUT2D eigenvalue weighted by molar-refractivity contribution is 0.515. The molecule has 0 aliphatic carbocycles. The van der Waals surface area contributed by atoms with E-state index in [1.54, 1.807) is 0 Å². The lowest BCUT2D eigenvalue weighted by Crippen LogP contribution is -1.73. The van der Waals surface area contributed by atoms with Crippen LogP contribution < -0.4 is 0 Å². The predicted octanol–water partition coefficient (Wildman–Crippen LogP) is 2.67. The summed E-state index contributed by atoms with van der Waals surface area (Å²) in [6, 6.07) is 0. The molecule has 0 aliphatic heterocycles. The Bertz CT molecular complexity index is 227. The van der Waals surface area contributed by atoms with Crippen LogP contribution in [0.3, 0.4) is 0 Å². The van der Waals surface area contributed by atoms with Gasteiger partial charge in [-0.05, 0) is 6.08 Å². The molecule has 0 saturated carbocycles. The average Bonchev–Trinajstić information content (AvgIpc) is 2.15. The number of hydrogen-bond acceptors (Lipinski definition) is 1. The highest BCUT2D eigenvalue weighted by Crippen LogP contribution is 2.19. The molecule has 0 atom stereocenters. The van der Waals surface area contributed by atoms with Crippen molar-refractivity contribution in [2.75, 3.05) is 0 Å². The molecule has 9 heavy (non-hydrogen) atoms. The molecule has 0 radical (unpaired) electrons. The summed E-state index contributed by atoms with van der Waals surface area (Å²) in [5.41, 5.74) is 0. The van der Waals surface area contributed by atoms with Crippen molar-refractivity contribution in [3.05, 3.63) is 28.5 Å². The first kappa shape index (κ1) is 6.42. The normalized spacial score (nSPS) is 9.56. The van der Waals surface area contributed by atoms with Crippen molar-refractivity contribution in [3.8, 4) is 0 Å². The molecule has 3 heteroatoms. The van der Waals surface area contributed by atoms with Crippen molar-refractivity contribution in [1.29, 1.82) is 0 Å². The van der Waals surface area contributed by atoms with Crippen LogP contribution in [0.2, 0.25) is 0 Å². The second-order valence-electron chi connectivity index (χ2n) is 1.47. The van der Waals surface area contributed by atoms with Crippen LogP contribution in [0.4, 0.5) is 8.78 Å². The molecule has 1 rings (SSSR count). The van der Waals surface area contributed by atoms with Crippen LogP contribution in [0.5, 0.6) is 0 Å². The fraction of sp³-hybridized carbons (Fsp3) is 0. The number of hydrogen-bond donors (Lipinski definition) is 0. The minimum absolute atomic E-state index is 0.257. The summed E-state index contributed by atoms with van der Waals surface area (Å²) < 4.78 is 24.4. The third-order valence-electron chi connectivity index (χ3n) is 0.901. The van der Waals surface area contributed by atoms with E-state index in [1.165, 1.54) is 6.08 Å². The number of halogens is 2. The topological polar surface area (TPSA) is 0 Å². The summed E-state index contributed by atoms with van der Waals surface area (Å²) >= 11 is 1.01. The van der Waals surface area contributed by atoms with E-state index in [1.807, 2.05) is 0 Å². The Morgan fingerprint density at radius 1 is 1.56 bits per heavy atom. The third-order valence-corrected chi connectivity index (χ3v) is 1.83. The quantitative estimate of drug-likeness (QED) is 0.571. The fourth-order valence-electron chi connectivity index (χ4n) is 0.474. The highest BCUT2D eigenvalue weighted by atomic mass is 32.1. The molecular weight excluding hydrogens is 142 g/mol. The second kappa shape index (κ2) is 2.27. The molecule has 0 nitrogen and oxygen atoms in total. The summed E-state index contributed by atoms with van der Waals surface area (Å²) in [5, 5.41) is 1.12. The zero-order valence-corrected chi connectivity index (χ0v) is 5.34. The Hall–Kier alpha value is -0.700. The minimum Gasteiger partial charge on any atom is -0.203 e. The van der Waals surface area contributed by atoms with Crippen molar-refractivity contribution in [2.45, 2.75) is 0 Å². The van der Waals surface area contributed by atoms with E-state index < -0.39 is 11.6 Å². The first-order valence-corrected chi connectivity index (χ1v) is 3.18. The monoisotopic (exact) mass is 146 g/mol. The number of rotatable bonds is 1. The van der Waals surface area contributed by atoms with Gasteiger partial charge in [0, 0.05) is 5.38 Å². The molecule has 0 aliphatic rings. The molecule has 1 aromatic rings. The standard InChI is InChI=1S/C6H4F2S/c1-2-5-6(8)4(7)3-9-5/h2-3H,1H2. The van der Waals surface area contributed by atoms with Gasteiger partial charge >= 0.3 is 0 Å². The predicted molar refractivity (Wildman–Crippen MR) is 34.3 cm³/mol. The van der Waals surface area contributed by atoms with Gasteiger partial charge in [0.25, 0.3) is 0 Å². The Morgan fingerprint density at radius 2 is 2.22 bits per heavy atom. The lowest BCUT2D eigenvalue weighted by atomic mass is 10.4. The van der Waals surface area contributed by atoms with Gasteiger partial charge in [0.05, 0.1) is 4.88 Å². The molecule has 1 heterocycles. The van der Waals surface area contributed by atoms with Crippen LogP contribution in [0.15, 0.2) is 12.0 Å². The maximum absolute atomic E-state index is 12.3. The third kappa shape index (κ3) is 1.00. The van der Waals surface area contributed by atoms with Crippen LogP contribution in [0.25, 0.3) is 6.08 Å². The molecule has 0 N–H and O–H groups in total. The van der Waals surface area contributed by atoms with Gasteiger partial charge in [-0.3, -0.25) is 0 Å². The Balaban J connectivity index is 3.18.